The first kappa shape index (κ1) is 29.9. The van der Waals surface area contributed by atoms with Crippen molar-refractivity contribution in [3.8, 4) is 0 Å². The molecule has 0 bridgehead atoms. The molecule has 1 nitrogen and oxygen atoms in total. The number of benzene rings is 3. The topological polar surface area (TPSA) is 0 Å². The number of rotatable bonds is 20. The van der Waals surface area contributed by atoms with Crippen LogP contribution in [-0.2, 0) is 19.6 Å². The van der Waals surface area contributed by atoms with Crippen molar-refractivity contribution in [2.75, 3.05) is 6.54 Å². The Morgan fingerprint density at radius 2 is 0.816 bits per heavy atom. The van der Waals surface area contributed by atoms with E-state index in [0.29, 0.717) is 0 Å². The first-order valence-electron chi connectivity index (χ1n) is 15.4. The molecule has 3 aromatic rings. The van der Waals surface area contributed by atoms with Gasteiger partial charge in [-0.25, -0.2) is 0 Å². The number of hydrogen-bond donors (Lipinski definition) is 0. The van der Waals surface area contributed by atoms with Crippen LogP contribution in [0, 0.1) is 0 Å². The van der Waals surface area contributed by atoms with Crippen molar-refractivity contribution >= 4 is 0 Å². The average Bonchev–Trinajstić information content (AvgIpc) is 2.95. The lowest BCUT2D eigenvalue weighted by molar-refractivity contribution is -0.966. The Bertz CT molecular complexity index is 876. The minimum Gasteiger partial charge on any atom is -0.312 e. The summed E-state index contributed by atoms with van der Waals surface area (Å²) in [6.07, 6.45) is 21.2. The highest BCUT2D eigenvalue weighted by Gasteiger charge is 2.28. The highest BCUT2D eigenvalue weighted by molar-refractivity contribution is 5.17. The van der Waals surface area contributed by atoms with E-state index in [1.165, 1.54) is 100 Å². The number of hydrogen-bond acceptors (Lipinski definition) is 0. The van der Waals surface area contributed by atoms with Crippen molar-refractivity contribution in [2.45, 2.75) is 104 Å². The van der Waals surface area contributed by atoms with E-state index in [2.05, 4.69) is 110 Å². The van der Waals surface area contributed by atoms with Crippen molar-refractivity contribution in [3.05, 3.63) is 120 Å². The molecule has 0 spiro atoms. The number of nitrogens with zero attached hydrogens (tertiary/aromatic N) is 1. The SMILES string of the molecule is CCCCCCCCCCC/C=C/CCC[N+](Cc1ccccc1)(Cc1ccccc1)Cc1ccccc1. The summed E-state index contributed by atoms with van der Waals surface area (Å²) >= 11 is 0. The molecular weight excluding hydrogens is 458 g/mol. The highest BCUT2D eigenvalue weighted by Crippen LogP contribution is 2.25. The van der Waals surface area contributed by atoms with Gasteiger partial charge in [-0.05, 0) is 19.3 Å². The van der Waals surface area contributed by atoms with Crippen LogP contribution < -0.4 is 0 Å². The maximum absolute atomic E-state index is 2.45. The van der Waals surface area contributed by atoms with Gasteiger partial charge < -0.3 is 4.48 Å². The molecule has 0 unspecified atom stereocenters. The van der Waals surface area contributed by atoms with E-state index >= 15 is 0 Å². The third-order valence-electron chi connectivity index (χ3n) is 7.73. The maximum atomic E-state index is 2.45. The molecule has 0 saturated heterocycles. The summed E-state index contributed by atoms with van der Waals surface area (Å²) in [6, 6.07) is 33.3. The second-order valence-corrected chi connectivity index (χ2v) is 11.2. The highest BCUT2D eigenvalue weighted by atomic mass is 15.3. The largest absolute Gasteiger partial charge is 0.312 e. The Morgan fingerprint density at radius 3 is 1.24 bits per heavy atom. The zero-order chi connectivity index (χ0) is 26.6. The smallest absolute Gasteiger partial charge is 0.105 e. The second kappa shape index (κ2) is 18.6. The summed E-state index contributed by atoms with van der Waals surface area (Å²) in [5, 5.41) is 0. The van der Waals surface area contributed by atoms with Gasteiger partial charge in [0.1, 0.15) is 19.6 Å². The Labute approximate surface area is 234 Å². The van der Waals surface area contributed by atoms with Crippen LogP contribution in [0.2, 0.25) is 0 Å². The van der Waals surface area contributed by atoms with Gasteiger partial charge in [-0.2, -0.15) is 0 Å². The van der Waals surface area contributed by atoms with Gasteiger partial charge in [0, 0.05) is 23.1 Å². The molecule has 0 aliphatic carbocycles. The molecule has 0 fully saturated rings. The summed E-state index contributed by atoms with van der Waals surface area (Å²) in [5.74, 6) is 0. The molecule has 0 amide bonds. The van der Waals surface area contributed by atoms with Gasteiger partial charge in [0.25, 0.3) is 0 Å². The van der Waals surface area contributed by atoms with E-state index in [9.17, 15) is 0 Å². The predicted molar refractivity (Wildman–Crippen MR) is 166 cm³/mol. The maximum Gasteiger partial charge on any atom is 0.105 e. The van der Waals surface area contributed by atoms with Crippen LogP contribution in [0.3, 0.4) is 0 Å². The molecule has 0 aliphatic heterocycles. The summed E-state index contributed by atoms with van der Waals surface area (Å²) in [4.78, 5) is 0. The molecule has 38 heavy (non-hydrogen) atoms. The summed E-state index contributed by atoms with van der Waals surface area (Å²) in [6.45, 7) is 6.66. The minimum atomic E-state index is 1.06. The van der Waals surface area contributed by atoms with Gasteiger partial charge in [0.15, 0.2) is 0 Å². The van der Waals surface area contributed by atoms with E-state index in [-0.39, 0.29) is 0 Å². The standard InChI is InChI=1S/C37H52N/c1-2-3-4-5-6-7-8-9-10-11-12-13-14-24-31-38(32-35-25-18-15-19-26-35,33-36-27-20-16-21-28-36)34-37-29-22-17-23-30-37/h12-13,15-23,25-30H,2-11,14,24,31-34H2,1H3/q+1/b13-12+. The van der Waals surface area contributed by atoms with Crippen LogP contribution >= 0.6 is 0 Å². The second-order valence-electron chi connectivity index (χ2n) is 11.2. The molecule has 0 N–H and O–H groups in total. The van der Waals surface area contributed by atoms with Gasteiger partial charge in [0.2, 0.25) is 0 Å². The van der Waals surface area contributed by atoms with E-state index in [1.54, 1.807) is 0 Å². The number of quaternary nitrogens is 1. The van der Waals surface area contributed by atoms with E-state index in [1.807, 2.05) is 0 Å². The molecule has 1 heteroatoms. The van der Waals surface area contributed by atoms with Gasteiger partial charge in [-0.3, -0.25) is 0 Å². The monoisotopic (exact) mass is 510 g/mol. The van der Waals surface area contributed by atoms with Crippen LogP contribution in [0.5, 0.6) is 0 Å². The Balaban J connectivity index is 1.53. The zero-order valence-corrected chi connectivity index (χ0v) is 24.1. The summed E-state index contributed by atoms with van der Waals surface area (Å²) in [5.41, 5.74) is 4.29. The predicted octanol–water partition coefficient (Wildman–Crippen LogP) is 10.7. The fraction of sp³-hybridized carbons (Fsp3) is 0.459. The molecule has 0 radical (unpaired) electrons. The normalized spacial score (nSPS) is 11.8. The van der Waals surface area contributed by atoms with E-state index < -0.39 is 0 Å². The minimum absolute atomic E-state index is 1.06. The van der Waals surface area contributed by atoms with Crippen LogP contribution in [0.1, 0.15) is 101 Å². The molecular formula is C37H52N+. The Kier molecular flexibility index (Phi) is 14.6. The summed E-state index contributed by atoms with van der Waals surface area (Å²) in [7, 11) is 0. The van der Waals surface area contributed by atoms with Gasteiger partial charge in [0.05, 0.1) is 6.54 Å². The van der Waals surface area contributed by atoms with Crippen molar-refractivity contribution < 1.29 is 4.48 Å². The molecule has 204 valence electrons. The van der Waals surface area contributed by atoms with Crippen molar-refractivity contribution in [3.63, 3.8) is 0 Å². The van der Waals surface area contributed by atoms with Gasteiger partial charge >= 0.3 is 0 Å². The molecule has 0 saturated carbocycles. The molecule has 3 aromatic carbocycles. The number of unbranched alkanes of at least 4 members (excludes halogenated alkanes) is 10. The fourth-order valence-corrected chi connectivity index (χ4v) is 5.67. The number of allylic oxidation sites excluding steroid dienone is 2. The van der Waals surface area contributed by atoms with Crippen molar-refractivity contribution in [1.29, 1.82) is 0 Å². The Hall–Kier alpha value is -2.64. The third-order valence-corrected chi connectivity index (χ3v) is 7.73. The van der Waals surface area contributed by atoms with Gasteiger partial charge in [-0.1, -0.05) is 161 Å². The summed E-state index contributed by atoms with van der Waals surface area (Å²) < 4.78 is 1.06. The zero-order valence-electron chi connectivity index (χ0n) is 24.1. The van der Waals surface area contributed by atoms with Gasteiger partial charge in [-0.15, -0.1) is 0 Å². The van der Waals surface area contributed by atoms with Crippen molar-refractivity contribution in [2.24, 2.45) is 0 Å². The Morgan fingerprint density at radius 1 is 0.447 bits per heavy atom. The van der Waals surface area contributed by atoms with E-state index in [0.717, 1.165) is 24.1 Å². The fourth-order valence-electron chi connectivity index (χ4n) is 5.67. The molecule has 0 aromatic heterocycles. The van der Waals surface area contributed by atoms with Crippen LogP contribution in [0.4, 0.5) is 0 Å². The molecule has 3 rings (SSSR count). The van der Waals surface area contributed by atoms with Crippen LogP contribution in [-0.4, -0.2) is 11.0 Å². The lowest BCUT2D eigenvalue weighted by Gasteiger charge is -2.39. The molecule has 0 aliphatic rings. The lowest BCUT2D eigenvalue weighted by Crippen LogP contribution is -2.46. The van der Waals surface area contributed by atoms with Crippen LogP contribution in [0.15, 0.2) is 103 Å². The van der Waals surface area contributed by atoms with E-state index in [4.69, 9.17) is 0 Å². The van der Waals surface area contributed by atoms with Crippen LogP contribution in [0.25, 0.3) is 0 Å². The molecule has 0 heterocycles. The third kappa shape index (κ3) is 12.3. The average molecular weight is 511 g/mol. The quantitative estimate of drug-likeness (QED) is 0.0805. The molecule has 0 atom stereocenters. The first-order valence-corrected chi connectivity index (χ1v) is 15.4. The first-order chi connectivity index (χ1) is 18.8. The van der Waals surface area contributed by atoms with Crippen molar-refractivity contribution in [1.82, 2.24) is 0 Å². The lowest BCUT2D eigenvalue weighted by atomic mass is 10.1.